The SMILES string of the molecule is NCCCn1nc(-c2ccnc(-c3cccc([N+](=O)[O-])c3)c2)cc1C(=O)O. The van der Waals surface area contributed by atoms with E-state index >= 15 is 0 Å². The van der Waals surface area contributed by atoms with Crippen molar-refractivity contribution in [1.29, 1.82) is 0 Å². The van der Waals surface area contributed by atoms with E-state index in [1.807, 2.05) is 0 Å². The molecule has 138 valence electrons. The second-order valence-corrected chi connectivity index (χ2v) is 5.82. The highest BCUT2D eigenvalue weighted by atomic mass is 16.6. The molecule has 1 aromatic carbocycles. The number of nitrogens with zero attached hydrogens (tertiary/aromatic N) is 4. The molecule has 3 N–H and O–H groups in total. The topological polar surface area (TPSA) is 137 Å². The molecule has 0 aliphatic rings. The monoisotopic (exact) mass is 367 g/mol. The van der Waals surface area contributed by atoms with Gasteiger partial charge in [0.25, 0.3) is 5.69 Å². The summed E-state index contributed by atoms with van der Waals surface area (Å²) in [4.78, 5) is 26.2. The molecule has 3 rings (SSSR count). The third-order valence-electron chi connectivity index (χ3n) is 3.98. The molecule has 0 saturated heterocycles. The van der Waals surface area contributed by atoms with E-state index in [0.717, 1.165) is 0 Å². The van der Waals surface area contributed by atoms with Crippen molar-refractivity contribution >= 4 is 11.7 Å². The molecule has 0 aliphatic heterocycles. The number of nitro groups is 1. The second-order valence-electron chi connectivity index (χ2n) is 5.82. The molecule has 9 nitrogen and oxygen atoms in total. The number of aromatic nitrogens is 3. The quantitative estimate of drug-likeness (QED) is 0.483. The van der Waals surface area contributed by atoms with Gasteiger partial charge in [0.15, 0.2) is 0 Å². The Morgan fingerprint density at radius 3 is 2.67 bits per heavy atom. The van der Waals surface area contributed by atoms with Crippen LogP contribution in [0.15, 0.2) is 48.7 Å². The van der Waals surface area contributed by atoms with Crippen LogP contribution < -0.4 is 5.73 Å². The number of carboxylic acids is 1. The van der Waals surface area contributed by atoms with Crippen LogP contribution in [0.25, 0.3) is 22.5 Å². The number of hydrogen-bond acceptors (Lipinski definition) is 6. The minimum Gasteiger partial charge on any atom is -0.477 e. The van der Waals surface area contributed by atoms with Crippen molar-refractivity contribution in [2.75, 3.05) is 6.54 Å². The average molecular weight is 367 g/mol. The molecule has 0 aliphatic carbocycles. The van der Waals surface area contributed by atoms with Gasteiger partial charge in [0.1, 0.15) is 5.69 Å². The highest BCUT2D eigenvalue weighted by molar-refractivity contribution is 5.87. The first-order valence-electron chi connectivity index (χ1n) is 8.22. The first-order valence-corrected chi connectivity index (χ1v) is 8.22. The number of rotatable bonds is 7. The molecule has 0 spiro atoms. The Kier molecular flexibility index (Phi) is 5.23. The van der Waals surface area contributed by atoms with Gasteiger partial charge < -0.3 is 10.8 Å². The van der Waals surface area contributed by atoms with Crippen molar-refractivity contribution in [3.05, 3.63) is 64.5 Å². The van der Waals surface area contributed by atoms with Crippen LogP contribution in [-0.2, 0) is 6.54 Å². The Bertz CT molecular complexity index is 999. The Hall–Kier alpha value is -3.59. The minimum atomic E-state index is -1.07. The summed E-state index contributed by atoms with van der Waals surface area (Å²) in [6.07, 6.45) is 2.17. The van der Waals surface area contributed by atoms with Crippen molar-refractivity contribution < 1.29 is 14.8 Å². The van der Waals surface area contributed by atoms with E-state index in [0.29, 0.717) is 42.0 Å². The zero-order valence-electron chi connectivity index (χ0n) is 14.3. The van der Waals surface area contributed by atoms with Gasteiger partial charge >= 0.3 is 5.97 Å². The molecule has 2 heterocycles. The normalized spacial score (nSPS) is 10.7. The lowest BCUT2D eigenvalue weighted by molar-refractivity contribution is -0.384. The van der Waals surface area contributed by atoms with E-state index < -0.39 is 10.9 Å². The van der Waals surface area contributed by atoms with Gasteiger partial charge in [-0.2, -0.15) is 5.10 Å². The van der Waals surface area contributed by atoms with Crippen LogP contribution >= 0.6 is 0 Å². The van der Waals surface area contributed by atoms with Crippen LogP contribution in [0.4, 0.5) is 5.69 Å². The summed E-state index contributed by atoms with van der Waals surface area (Å²) in [6.45, 7) is 0.835. The van der Waals surface area contributed by atoms with Crippen molar-refractivity contribution in [1.82, 2.24) is 14.8 Å². The maximum atomic E-state index is 11.5. The highest BCUT2D eigenvalue weighted by Crippen LogP contribution is 2.26. The molecular formula is C18H17N5O4. The van der Waals surface area contributed by atoms with Gasteiger partial charge in [-0.3, -0.25) is 19.8 Å². The Labute approximate surface area is 154 Å². The number of carbonyl (C=O) groups is 1. The molecule has 9 heteroatoms. The predicted octanol–water partition coefficient (Wildman–Crippen LogP) is 2.57. The molecule has 0 radical (unpaired) electrons. The van der Waals surface area contributed by atoms with Gasteiger partial charge in [-0.15, -0.1) is 0 Å². The largest absolute Gasteiger partial charge is 0.477 e. The molecule has 0 bridgehead atoms. The average Bonchev–Trinajstić information content (AvgIpc) is 3.11. The fraction of sp³-hybridized carbons (Fsp3) is 0.167. The lowest BCUT2D eigenvalue weighted by atomic mass is 10.1. The van der Waals surface area contributed by atoms with Crippen LogP contribution in [0.3, 0.4) is 0 Å². The molecule has 0 saturated carbocycles. The molecule has 2 aromatic heterocycles. The van der Waals surface area contributed by atoms with E-state index in [-0.39, 0.29) is 11.4 Å². The molecule has 0 fully saturated rings. The number of benzene rings is 1. The Morgan fingerprint density at radius 2 is 1.96 bits per heavy atom. The Morgan fingerprint density at radius 1 is 1.19 bits per heavy atom. The van der Waals surface area contributed by atoms with Gasteiger partial charge in [-0.25, -0.2) is 4.79 Å². The maximum Gasteiger partial charge on any atom is 0.354 e. The molecule has 0 atom stereocenters. The molecule has 0 unspecified atom stereocenters. The van der Waals surface area contributed by atoms with E-state index in [4.69, 9.17) is 5.73 Å². The first-order chi connectivity index (χ1) is 13.0. The first kappa shape index (κ1) is 18.2. The van der Waals surface area contributed by atoms with Crippen molar-refractivity contribution in [2.45, 2.75) is 13.0 Å². The highest BCUT2D eigenvalue weighted by Gasteiger charge is 2.16. The second kappa shape index (κ2) is 7.75. The van der Waals surface area contributed by atoms with Gasteiger partial charge in [-0.1, -0.05) is 12.1 Å². The zero-order valence-corrected chi connectivity index (χ0v) is 14.3. The van der Waals surface area contributed by atoms with Gasteiger partial charge in [0.05, 0.1) is 16.3 Å². The van der Waals surface area contributed by atoms with E-state index in [2.05, 4.69) is 10.1 Å². The standard InChI is InChI=1S/C18H17N5O4/c19-6-2-8-22-17(18(24)25)11-16(21-22)13-5-7-20-15(10-13)12-3-1-4-14(9-12)23(26)27/h1,3-5,7,9-11H,2,6,8,19H2,(H,24,25). The van der Waals surface area contributed by atoms with Crippen molar-refractivity contribution in [3.63, 3.8) is 0 Å². The number of non-ortho nitro benzene ring substituents is 1. The van der Waals surface area contributed by atoms with Crippen molar-refractivity contribution in [3.8, 4) is 22.5 Å². The van der Waals surface area contributed by atoms with Crippen LogP contribution in [-0.4, -0.2) is 37.3 Å². The number of hydrogen-bond donors (Lipinski definition) is 2. The third kappa shape index (κ3) is 3.98. The van der Waals surface area contributed by atoms with Crippen LogP contribution in [0.5, 0.6) is 0 Å². The third-order valence-corrected chi connectivity index (χ3v) is 3.98. The molecule has 3 aromatic rings. The lowest BCUT2D eigenvalue weighted by Gasteiger charge is -2.04. The predicted molar refractivity (Wildman–Crippen MR) is 98.2 cm³/mol. The maximum absolute atomic E-state index is 11.5. The summed E-state index contributed by atoms with van der Waals surface area (Å²) in [7, 11) is 0. The van der Waals surface area contributed by atoms with Crippen molar-refractivity contribution in [2.24, 2.45) is 5.73 Å². The fourth-order valence-electron chi connectivity index (χ4n) is 2.67. The molecule has 0 amide bonds. The van der Waals surface area contributed by atoms with Crippen LogP contribution in [0.1, 0.15) is 16.9 Å². The summed E-state index contributed by atoms with van der Waals surface area (Å²) >= 11 is 0. The summed E-state index contributed by atoms with van der Waals surface area (Å²) in [5.41, 5.74) is 7.81. The van der Waals surface area contributed by atoms with Gasteiger partial charge in [0.2, 0.25) is 0 Å². The number of aromatic carboxylic acids is 1. The smallest absolute Gasteiger partial charge is 0.354 e. The van der Waals surface area contributed by atoms with Crippen LogP contribution in [0.2, 0.25) is 0 Å². The summed E-state index contributed by atoms with van der Waals surface area (Å²) < 4.78 is 1.41. The minimum absolute atomic E-state index is 0.0288. The summed E-state index contributed by atoms with van der Waals surface area (Å²) in [6, 6.07) is 11.1. The molecule has 27 heavy (non-hydrogen) atoms. The van der Waals surface area contributed by atoms with E-state index in [9.17, 15) is 20.0 Å². The van der Waals surface area contributed by atoms with Gasteiger partial charge in [-0.05, 0) is 31.2 Å². The number of aryl methyl sites for hydroxylation is 1. The van der Waals surface area contributed by atoms with E-state index in [1.165, 1.54) is 22.9 Å². The zero-order chi connectivity index (χ0) is 19.4. The fourth-order valence-corrected chi connectivity index (χ4v) is 2.67. The number of carboxylic acid groups (broad SMARTS) is 1. The Balaban J connectivity index is 2.00. The molecular weight excluding hydrogens is 350 g/mol. The lowest BCUT2D eigenvalue weighted by Crippen LogP contribution is -2.12. The van der Waals surface area contributed by atoms with Crippen LogP contribution in [0, 0.1) is 10.1 Å². The summed E-state index contributed by atoms with van der Waals surface area (Å²) in [5.74, 6) is -1.07. The number of nitrogens with two attached hydrogens (primary N) is 1. The summed E-state index contributed by atoms with van der Waals surface area (Å²) in [5, 5.41) is 24.7. The number of pyridine rings is 1. The van der Waals surface area contributed by atoms with E-state index in [1.54, 1.807) is 30.5 Å². The van der Waals surface area contributed by atoms with Gasteiger partial charge in [0, 0.05) is 36.0 Å². The number of nitro benzene ring substituents is 1.